The van der Waals surface area contributed by atoms with Crippen LogP contribution in [0.25, 0.3) is 6.08 Å². The summed E-state index contributed by atoms with van der Waals surface area (Å²) in [5, 5.41) is 0. The molecule has 3 heteroatoms. The Bertz CT molecular complexity index is 283. The zero-order chi connectivity index (χ0) is 8.10. The number of nitrogens with one attached hydrogen (secondary N) is 1. The van der Waals surface area contributed by atoms with Gasteiger partial charge < -0.3 is 4.98 Å². The molecule has 0 amide bonds. The maximum atomic E-state index is 10.6. The highest BCUT2D eigenvalue weighted by atomic mass is 32.1. The Labute approximate surface area is 70.4 Å². The zero-order valence-electron chi connectivity index (χ0n) is 5.95. The number of hydrogen-bond donors (Lipinski definition) is 2. The number of hydrogen-bond acceptors (Lipinski definition) is 2. The van der Waals surface area contributed by atoms with Crippen LogP contribution in [0, 0.1) is 0 Å². The Hall–Kier alpha value is -0.960. The molecule has 1 N–H and O–H groups in total. The molecule has 0 aliphatic rings. The van der Waals surface area contributed by atoms with E-state index in [1.165, 1.54) is 6.07 Å². The lowest BCUT2D eigenvalue weighted by Gasteiger charge is -1.88. The average molecular weight is 167 g/mol. The monoisotopic (exact) mass is 167 g/mol. The molecule has 1 aromatic heterocycles. The molecule has 1 aromatic rings. The molecule has 0 aliphatic carbocycles. The van der Waals surface area contributed by atoms with Gasteiger partial charge in [-0.05, 0) is 11.6 Å². The summed E-state index contributed by atoms with van der Waals surface area (Å²) in [6, 6.07) is 3.26. The van der Waals surface area contributed by atoms with E-state index in [-0.39, 0.29) is 5.56 Å². The van der Waals surface area contributed by atoms with Crippen molar-refractivity contribution in [2.75, 3.05) is 5.75 Å². The molecule has 11 heavy (non-hydrogen) atoms. The van der Waals surface area contributed by atoms with Crippen molar-refractivity contribution in [3.8, 4) is 0 Å². The van der Waals surface area contributed by atoms with Gasteiger partial charge in [0.05, 0.1) is 0 Å². The first kappa shape index (κ1) is 8.14. The molecule has 0 radical (unpaired) electrons. The summed E-state index contributed by atoms with van der Waals surface area (Å²) in [4.78, 5) is 13.2. The van der Waals surface area contributed by atoms with Gasteiger partial charge in [-0.2, -0.15) is 12.6 Å². The van der Waals surface area contributed by atoms with Gasteiger partial charge in [-0.3, -0.25) is 4.79 Å². The number of thiol groups is 1. The molecule has 0 bridgehead atoms. The largest absolute Gasteiger partial charge is 0.329 e. The van der Waals surface area contributed by atoms with E-state index >= 15 is 0 Å². The van der Waals surface area contributed by atoms with Crippen molar-refractivity contribution >= 4 is 18.7 Å². The van der Waals surface area contributed by atoms with Gasteiger partial charge in [0.2, 0.25) is 5.56 Å². The molecule has 0 unspecified atom stereocenters. The predicted molar refractivity (Wildman–Crippen MR) is 49.9 cm³/mol. The zero-order valence-corrected chi connectivity index (χ0v) is 6.84. The standard InChI is InChI=1S/C8H9NOS/c10-8-4-3-7(6-9-8)2-1-5-11/h1-4,6,11H,5H2,(H,9,10). The summed E-state index contributed by atoms with van der Waals surface area (Å²) in [5.41, 5.74) is 0.909. The normalized spacial score (nSPS) is 10.6. The molecule has 0 aromatic carbocycles. The van der Waals surface area contributed by atoms with E-state index in [2.05, 4.69) is 17.6 Å². The van der Waals surface area contributed by atoms with Crippen LogP contribution in [0.2, 0.25) is 0 Å². The van der Waals surface area contributed by atoms with Crippen LogP contribution in [0.3, 0.4) is 0 Å². The van der Waals surface area contributed by atoms with Crippen molar-refractivity contribution in [1.82, 2.24) is 4.98 Å². The molecular formula is C8H9NOS. The number of aromatic nitrogens is 1. The van der Waals surface area contributed by atoms with Gasteiger partial charge in [-0.15, -0.1) is 0 Å². The molecule has 0 fully saturated rings. The lowest BCUT2D eigenvalue weighted by molar-refractivity contribution is 1.23. The minimum absolute atomic E-state index is 0.0759. The summed E-state index contributed by atoms with van der Waals surface area (Å²) in [6.07, 6.45) is 5.49. The molecular weight excluding hydrogens is 158 g/mol. The Morgan fingerprint density at radius 2 is 2.36 bits per heavy atom. The van der Waals surface area contributed by atoms with E-state index in [1.54, 1.807) is 12.3 Å². The van der Waals surface area contributed by atoms with Crippen LogP contribution in [-0.2, 0) is 0 Å². The van der Waals surface area contributed by atoms with Gasteiger partial charge in [0.1, 0.15) is 0 Å². The fraction of sp³-hybridized carbons (Fsp3) is 0.125. The van der Waals surface area contributed by atoms with Crippen molar-refractivity contribution in [2.45, 2.75) is 0 Å². The first-order valence-corrected chi connectivity index (χ1v) is 3.92. The van der Waals surface area contributed by atoms with Crippen LogP contribution in [0.1, 0.15) is 5.56 Å². The van der Waals surface area contributed by atoms with Crippen molar-refractivity contribution in [3.05, 3.63) is 40.3 Å². The van der Waals surface area contributed by atoms with Crippen molar-refractivity contribution < 1.29 is 0 Å². The molecule has 0 saturated heterocycles. The highest BCUT2D eigenvalue weighted by Crippen LogP contribution is 1.96. The van der Waals surface area contributed by atoms with Gasteiger partial charge >= 0.3 is 0 Å². The van der Waals surface area contributed by atoms with Gasteiger partial charge in [-0.1, -0.05) is 12.2 Å². The molecule has 1 heterocycles. The van der Waals surface area contributed by atoms with Gasteiger partial charge in [0, 0.05) is 18.0 Å². The lowest BCUT2D eigenvalue weighted by Crippen LogP contribution is -2.01. The summed E-state index contributed by atoms with van der Waals surface area (Å²) in [6.45, 7) is 0. The summed E-state index contributed by atoms with van der Waals surface area (Å²) >= 11 is 4.01. The van der Waals surface area contributed by atoms with E-state index in [9.17, 15) is 4.79 Å². The first-order chi connectivity index (χ1) is 5.33. The fourth-order valence-corrected chi connectivity index (χ4v) is 0.820. The minimum atomic E-state index is -0.0759. The van der Waals surface area contributed by atoms with Gasteiger partial charge in [0.15, 0.2) is 0 Å². The molecule has 0 atom stereocenters. The third-order valence-corrected chi connectivity index (χ3v) is 1.43. The van der Waals surface area contributed by atoms with Crippen molar-refractivity contribution in [1.29, 1.82) is 0 Å². The third kappa shape index (κ3) is 2.63. The molecule has 0 spiro atoms. The van der Waals surface area contributed by atoms with E-state index in [0.29, 0.717) is 5.75 Å². The molecule has 1 rings (SSSR count). The van der Waals surface area contributed by atoms with Crippen LogP contribution >= 0.6 is 12.6 Å². The van der Waals surface area contributed by atoms with Crippen LogP contribution in [-0.4, -0.2) is 10.7 Å². The molecule has 2 nitrogen and oxygen atoms in total. The average Bonchev–Trinajstić information content (AvgIpc) is 2.04. The highest BCUT2D eigenvalue weighted by Gasteiger charge is 1.83. The summed E-state index contributed by atoms with van der Waals surface area (Å²) in [5.74, 6) is 0.707. The second-order valence-corrected chi connectivity index (χ2v) is 2.44. The summed E-state index contributed by atoms with van der Waals surface area (Å²) in [7, 11) is 0. The Kier molecular flexibility index (Phi) is 2.98. The van der Waals surface area contributed by atoms with Crippen LogP contribution in [0.15, 0.2) is 29.2 Å². The van der Waals surface area contributed by atoms with Gasteiger partial charge in [-0.25, -0.2) is 0 Å². The van der Waals surface area contributed by atoms with E-state index < -0.39 is 0 Å². The van der Waals surface area contributed by atoms with Gasteiger partial charge in [0.25, 0.3) is 0 Å². The molecule has 0 saturated carbocycles. The first-order valence-electron chi connectivity index (χ1n) is 3.29. The lowest BCUT2D eigenvalue weighted by atomic mass is 10.3. The maximum Gasteiger partial charge on any atom is 0.247 e. The second kappa shape index (κ2) is 4.03. The molecule has 58 valence electrons. The molecule has 0 aliphatic heterocycles. The number of H-pyrrole nitrogens is 1. The minimum Gasteiger partial charge on any atom is -0.329 e. The van der Waals surface area contributed by atoms with Crippen LogP contribution in [0.5, 0.6) is 0 Å². The Morgan fingerprint density at radius 1 is 1.55 bits per heavy atom. The van der Waals surface area contributed by atoms with Crippen molar-refractivity contribution in [3.63, 3.8) is 0 Å². The van der Waals surface area contributed by atoms with Crippen LogP contribution < -0.4 is 5.56 Å². The topological polar surface area (TPSA) is 32.9 Å². The Balaban J connectivity index is 2.82. The number of pyridine rings is 1. The number of rotatable bonds is 2. The van der Waals surface area contributed by atoms with E-state index in [4.69, 9.17) is 0 Å². The quantitative estimate of drug-likeness (QED) is 0.640. The summed E-state index contributed by atoms with van der Waals surface area (Å²) < 4.78 is 0. The Morgan fingerprint density at radius 3 is 2.91 bits per heavy atom. The van der Waals surface area contributed by atoms with Crippen molar-refractivity contribution in [2.24, 2.45) is 0 Å². The van der Waals surface area contributed by atoms with E-state index in [1.807, 2.05) is 12.2 Å². The SMILES string of the molecule is O=c1ccc(C=CCS)c[nH]1. The smallest absolute Gasteiger partial charge is 0.247 e. The van der Waals surface area contributed by atoms with E-state index in [0.717, 1.165) is 5.56 Å². The second-order valence-electron chi connectivity index (χ2n) is 2.07. The predicted octanol–water partition coefficient (Wildman–Crippen LogP) is 1.32. The number of aromatic amines is 1. The maximum absolute atomic E-state index is 10.6. The third-order valence-electron chi connectivity index (χ3n) is 1.22. The van der Waals surface area contributed by atoms with Crippen LogP contribution in [0.4, 0.5) is 0 Å². The fourth-order valence-electron chi connectivity index (χ4n) is 0.715. The highest BCUT2D eigenvalue weighted by molar-refractivity contribution is 7.80.